The lowest BCUT2D eigenvalue weighted by molar-refractivity contribution is -0.0523. The Labute approximate surface area is 166 Å². The molecule has 0 bridgehead atoms. The predicted molar refractivity (Wildman–Crippen MR) is 104 cm³/mol. The van der Waals surface area contributed by atoms with Gasteiger partial charge in [-0.05, 0) is 51.8 Å². The van der Waals surface area contributed by atoms with Crippen LogP contribution in [0.2, 0.25) is 0 Å². The Morgan fingerprint density at radius 1 is 1.18 bits per heavy atom. The van der Waals surface area contributed by atoms with Crippen LogP contribution in [0, 0.1) is 0 Å². The normalized spacial score (nSPS) is 20.3. The monoisotopic (exact) mass is 398 g/mol. The molecular formula is C21H32F2N2O3. The van der Waals surface area contributed by atoms with E-state index in [-0.39, 0.29) is 11.3 Å². The quantitative estimate of drug-likeness (QED) is 0.685. The zero-order valence-corrected chi connectivity index (χ0v) is 16.7. The molecule has 0 spiro atoms. The van der Waals surface area contributed by atoms with Gasteiger partial charge in [-0.15, -0.1) is 0 Å². The zero-order valence-electron chi connectivity index (χ0n) is 16.7. The maximum Gasteiger partial charge on any atom is 0.387 e. The van der Waals surface area contributed by atoms with Crippen LogP contribution in [0.4, 0.5) is 8.78 Å². The van der Waals surface area contributed by atoms with Crippen LogP contribution in [-0.4, -0.2) is 56.5 Å². The Hall–Kier alpha value is -1.44. The maximum atomic E-state index is 12.9. The fourth-order valence-electron chi connectivity index (χ4n) is 4.35. The summed E-state index contributed by atoms with van der Waals surface area (Å²) in [6.07, 6.45) is 5.78. The molecule has 5 nitrogen and oxygen atoms in total. The summed E-state index contributed by atoms with van der Waals surface area (Å²) in [6.45, 7) is 4.41. The summed E-state index contributed by atoms with van der Waals surface area (Å²) in [6, 6.07) is 5.29. The van der Waals surface area contributed by atoms with Gasteiger partial charge in [-0.1, -0.05) is 18.6 Å². The summed E-state index contributed by atoms with van der Waals surface area (Å²) in [5.74, 6) is 0.491. The minimum Gasteiger partial charge on any atom is -0.490 e. The SMILES string of the molecule is CCOc1cccc(CNCC2(N3CCCCC3)CCOCC2)c1OC(F)F. The molecule has 0 saturated carbocycles. The van der Waals surface area contributed by atoms with Gasteiger partial charge < -0.3 is 19.5 Å². The number of likely N-dealkylation sites (tertiary alicyclic amines) is 1. The lowest BCUT2D eigenvalue weighted by atomic mass is 9.86. The van der Waals surface area contributed by atoms with Crippen LogP contribution in [0.5, 0.6) is 11.5 Å². The summed E-state index contributed by atoms with van der Waals surface area (Å²) in [5, 5.41) is 3.51. The van der Waals surface area contributed by atoms with Gasteiger partial charge in [0.1, 0.15) is 0 Å². The van der Waals surface area contributed by atoms with E-state index >= 15 is 0 Å². The Bertz CT molecular complexity index is 603. The lowest BCUT2D eigenvalue weighted by Gasteiger charge is -2.48. The highest BCUT2D eigenvalue weighted by atomic mass is 19.3. The van der Waals surface area contributed by atoms with Crippen LogP contribution in [-0.2, 0) is 11.3 Å². The van der Waals surface area contributed by atoms with Crippen LogP contribution >= 0.6 is 0 Å². The molecule has 0 unspecified atom stereocenters. The van der Waals surface area contributed by atoms with Crippen molar-refractivity contribution in [3.05, 3.63) is 23.8 Å². The molecule has 2 aliphatic heterocycles. The number of benzene rings is 1. The summed E-state index contributed by atoms with van der Waals surface area (Å²) in [5.41, 5.74) is 0.770. The number of nitrogens with zero attached hydrogens (tertiary/aromatic N) is 1. The standard InChI is InChI=1S/C21H32F2N2O3/c1-2-27-18-8-6-7-17(19(18)28-20(22)23)15-24-16-21(9-13-26-14-10-21)25-11-4-3-5-12-25/h6-8,20,24H,2-5,9-16H2,1H3. The first-order valence-corrected chi connectivity index (χ1v) is 10.4. The van der Waals surface area contributed by atoms with Crippen molar-refractivity contribution in [3.8, 4) is 11.5 Å². The van der Waals surface area contributed by atoms with E-state index in [9.17, 15) is 8.78 Å². The summed E-state index contributed by atoms with van der Waals surface area (Å²) < 4.78 is 41.7. The molecule has 2 saturated heterocycles. The first-order valence-electron chi connectivity index (χ1n) is 10.4. The molecule has 1 N–H and O–H groups in total. The molecule has 1 aromatic rings. The summed E-state index contributed by atoms with van der Waals surface area (Å²) in [7, 11) is 0. The number of alkyl halides is 2. The second kappa shape index (κ2) is 10.4. The van der Waals surface area contributed by atoms with Gasteiger partial charge in [0, 0.05) is 37.4 Å². The van der Waals surface area contributed by atoms with E-state index in [0.29, 0.717) is 24.5 Å². The third kappa shape index (κ3) is 5.33. The number of hydrogen-bond donors (Lipinski definition) is 1. The number of nitrogens with one attached hydrogen (secondary N) is 1. The van der Waals surface area contributed by atoms with E-state index in [1.54, 1.807) is 6.07 Å². The predicted octanol–water partition coefficient (Wildman–Crippen LogP) is 3.81. The first-order chi connectivity index (χ1) is 13.6. The van der Waals surface area contributed by atoms with E-state index < -0.39 is 6.61 Å². The first kappa shape index (κ1) is 21.3. The molecule has 1 aromatic carbocycles. The van der Waals surface area contributed by atoms with Crippen molar-refractivity contribution in [2.75, 3.05) is 39.5 Å². The lowest BCUT2D eigenvalue weighted by Crippen LogP contribution is -2.59. The van der Waals surface area contributed by atoms with Gasteiger partial charge in [0.15, 0.2) is 11.5 Å². The van der Waals surface area contributed by atoms with Crippen molar-refractivity contribution < 1.29 is 23.0 Å². The highest BCUT2D eigenvalue weighted by Gasteiger charge is 2.38. The molecule has 0 radical (unpaired) electrons. The molecule has 0 amide bonds. The van der Waals surface area contributed by atoms with Crippen molar-refractivity contribution in [2.45, 2.75) is 57.7 Å². The van der Waals surface area contributed by atoms with Gasteiger partial charge in [-0.2, -0.15) is 8.78 Å². The zero-order chi connectivity index (χ0) is 19.8. The highest BCUT2D eigenvalue weighted by Crippen LogP contribution is 2.34. The van der Waals surface area contributed by atoms with E-state index in [0.717, 1.165) is 45.7 Å². The van der Waals surface area contributed by atoms with E-state index in [1.165, 1.54) is 19.3 Å². The molecule has 0 aromatic heterocycles. The number of piperidine rings is 1. The fourth-order valence-corrected chi connectivity index (χ4v) is 4.35. The van der Waals surface area contributed by atoms with Crippen molar-refractivity contribution in [1.82, 2.24) is 10.2 Å². The summed E-state index contributed by atoms with van der Waals surface area (Å²) >= 11 is 0. The Morgan fingerprint density at radius 2 is 1.93 bits per heavy atom. The van der Waals surface area contributed by atoms with Gasteiger partial charge in [-0.25, -0.2) is 0 Å². The third-order valence-electron chi connectivity index (χ3n) is 5.79. The van der Waals surface area contributed by atoms with Gasteiger partial charge in [0.25, 0.3) is 0 Å². The molecule has 2 heterocycles. The number of para-hydroxylation sites is 1. The maximum absolute atomic E-state index is 12.9. The molecule has 0 aliphatic carbocycles. The highest BCUT2D eigenvalue weighted by molar-refractivity contribution is 5.46. The topological polar surface area (TPSA) is 43.0 Å². The van der Waals surface area contributed by atoms with Gasteiger partial charge in [0.2, 0.25) is 0 Å². The summed E-state index contributed by atoms with van der Waals surface area (Å²) in [4.78, 5) is 2.61. The Morgan fingerprint density at radius 3 is 2.61 bits per heavy atom. The van der Waals surface area contributed by atoms with Crippen molar-refractivity contribution >= 4 is 0 Å². The van der Waals surface area contributed by atoms with Crippen LogP contribution in [0.3, 0.4) is 0 Å². The Kier molecular flexibility index (Phi) is 7.88. The van der Waals surface area contributed by atoms with E-state index in [2.05, 4.69) is 10.2 Å². The molecule has 28 heavy (non-hydrogen) atoms. The fraction of sp³-hybridized carbons (Fsp3) is 0.714. The molecular weight excluding hydrogens is 366 g/mol. The van der Waals surface area contributed by atoms with E-state index in [4.69, 9.17) is 14.2 Å². The molecule has 2 aliphatic rings. The van der Waals surface area contributed by atoms with Crippen LogP contribution < -0.4 is 14.8 Å². The molecule has 0 atom stereocenters. The number of ether oxygens (including phenoxy) is 3. The largest absolute Gasteiger partial charge is 0.490 e. The van der Waals surface area contributed by atoms with Crippen molar-refractivity contribution in [1.29, 1.82) is 0 Å². The van der Waals surface area contributed by atoms with Gasteiger partial charge in [-0.3, -0.25) is 4.90 Å². The second-order valence-electron chi connectivity index (χ2n) is 7.54. The number of halogens is 2. The van der Waals surface area contributed by atoms with Crippen LogP contribution in [0.15, 0.2) is 18.2 Å². The minimum atomic E-state index is -2.88. The molecule has 3 rings (SSSR count). The number of hydrogen-bond acceptors (Lipinski definition) is 5. The number of rotatable bonds is 9. The van der Waals surface area contributed by atoms with Crippen molar-refractivity contribution in [3.63, 3.8) is 0 Å². The van der Waals surface area contributed by atoms with Crippen molar-refractivity contribution in [2.24, 2.45) is 0 Å². The Balaban J connectivity index is 1.69. The molecule has 158 valence electrons. The minimum absolute atomic E-state index is 0.0833. The average molecular weight is 398 g/mol. The van der Waals surface area contributed by atoms with E-state index in [1.807, 2.05) is 19.1 Å². The van der Waals surface area contributed by atoms with Gasteiger partial charge >= 0.3 is 6.61 Å². The van der Waals surface area contributed by atoms with Gasteiger partial charge in [0.05, 0.1) is 6.61 Å². The average Bonchev–Trinajstić information content (AvgIpc) is 2.71. The molecule has 7 heteroatoms. The van der Waals surface area contributed by atoms with Crippen LogP contribution in [0.25, 0.3) is 0 Å². The third-order valence-corrected chi connectivity index (χ3v) is 5.79. The van der Waals surface area contributed by atoms with Crippen LogP contribution in [0.1, 0.15) is 44.6 Å². The molecule has 2 fully saturated rings. The smallest absolute Gasteiger partial charge is 0.387 e. The second-order valence-corrected chi connectivity index (χ2v) is 7.54.